The van der Waals surface area contributed by atoms with Gasteiger partial charge in [0, 0.05) is 13.6 Å². The number of ether oxygens (including phenoxy) is 2. The zero-order valence-electron chi connectivity index (χ0n) is 12.5. The van der Waals surface area contributed by atoms with Gasteiger partial charge in [-0.2, -0.15) is 0 Å². The molecule has 120 valence electrons. The zero-order chi connectivity index (χ0) is 16.4. The highest BCUT2D eigenvalue weighted by atomic mass is 19.1. The van der Waals surface area contributed by atoms with Crippen molar-refractivity contribution in [1.82, 2.24) is 0 Å². The highest BCUT2D eigenvalue weighted by molar-refractivity contribution is 5.63. The van der Waals surface area contributed by atoms with E-state index in [1.165, 1.54) is 12.1 Å². The van der Waals surface area contributed by atoms with E-state index >= 15 is 0 Å². The third-order valence-electron chi connectivity index (χ3n) is 3.57. The second-order valence-corrected chi connectivity index (χ2v) is 5.22. The normalized spacial score (nSPS) is 12.8. The average Bonchev–Trinajstić information content (AvgIpc) is 2.54. The van der Waals surface area contributed by atoms with E-state index in [1.54, 1.807) is 11.9 Å². The number of nitro groups is 1. The molecule has 1 aliphatic heterocycles. The van der Waals surface area contributed by atoms with Crippen LogP contribution in [0.5, 0.6) is 11.5 Å². The molecule has 0 bridgehead atoms. The molecule has 0 aromatic heterocycles. The first-order valence-corrected chi connectivity index (χ1v) is 7.08. The number of halogens is 1. The largest absolute Gasteiger partial charge is 0.486 e. The smallest absolute Gasteiger partial charge is 0.295 e. The Balaban J connectivity index is 1.84. The lowest BCUT2D eigenvalue weighted by atomic mass is 10.1. The molecule has 0 saturated heterocycles. The molecule has 2 aromatic carbocycles. The van der Waals surface area contributed by atoms with Crippen LogP contribution in [-0.2, 0) is 6.54 Å². The van der Waals surface area contributed by atoms with Crippen molar-refractivity contribution in [3.8, 4) is 11.5 Å². The Morgan fingerprint density at radius 2 is 1.91 bits per heavy atom. The Kier molecular flexibility index (Phi) is 4.01. The Morgan fingerprint density at radius 3 is 2.65 bits per heavy atom. The molecular weight excluding hydrogens is 303 g/mol. The van der Waals surface area contributed by atoms with E-state index in [-0.39, 0.29) is 5.69 Å². The number of rotatable bonds is 4. The molecule has 6 nitrogen and oxygen atoms in total. The van der Waals surface area contributed by atoms with Crippen LogP contribution < -0.4 is 14.4 Å². The maximum absolute atomic E-state index is 13.2. The zero-order valence-corrected chi connectivity index (χ0v) is 12.5. The summed E-state index contributed by atoms with van der Waals surface area (Å²) in [6, 6.07) is 9.08. The van der Waals surface area contributed by atoms with E-state index in [0.717, 1.165) is 11.6 Å². The molecule has 0 aliphatic carbocycles. The second-order valence-electron chi connectivity index (χ2n) is 5.22. The first-order chi connectivity index (χ1) is 11.0. The summed E-state index contributed by atoms with van der Waals surface area (Å²) in [6.07, 6.45) is 0. The summed E-state index contributed by atoms with van der Waals surface area (Å²) in [5, 5.41) is 11.1. The minimum Gasteiger partial charge on any atom is -0.486 e. The predicted molar refractivity (Wildman–Crippen MR) is 82.6 cm³/mol. The number of nitro benzene ring substituents is 1. The van der Waals surface area contributed by atoms with Crippen LogP contribution in [0.25, 0.3) is 0 Å². The van der Waals surface area contributed by atoms with Gasteiger partial charge in [-0.15, -0.1) is 0 Å². The Hall–Kier alpha value is -2.83. The van der Waals surface area contributed by atoms with Crippen LogP contribution >= 0.6 is 0 Å². The van der Waals surface area contributed by atoms with Crippen molar-refractivity contribution in [2.45, 2.75) is 6.54 Å². The van der Waals surface area contributed by atoms with Gasteiger partial charge in [0.2, 0.25) is 0 Å². The van der Waals surface area contributed by atoms with Crippen molar-refractivity contribution in [2.75, 3.05) is 25.2 Å². The van der Waals surface area contributed by atoms with Crippen molar-refractivity contribution in [1.29, 1.82) is 0 Å². The minimum absolute atomic E-state index is 0.259. The fourth-order valence-corrected chi connectivity index (χ4v) is 2.51. The maximum Gasteiger partial charge on any atom is 0.295 e. The third kappa shape index (κ3) is 3.18. The van der Waals surface area contributed by atoms with Crippen LogP contribution in [0.2, 0.25) is 0 Å². The fraction of sp³-hybridized carbons (Fsp3) is 0.250. The molecule has 7 heteroatoms. The van der Waals surface area contributed by atoms with Crippen LogP contribution in [0.3, 0.4) is 0 Å². The van der Waals surface area contributed by atoms with Crippen molar-refractivity contribution in [2.24, 2.45) is 0 Å². The highest BCUT2D eigenvalue weighted by Crippen LogP contribution is 2.33. The Morgan fingerprint density at radius 1 is 1.17 bits per heavy atom. The van der Waals surface area contributed by atoms with Crippen molar-refractivity contribution in [3.05, 3.63) is 57.9 Å². The fourth-order valence-electron chi connectivity index (χ4n) is 2.51. The third-order valence-corrected chi connectivity index (χ3v) is 3.57. The Bertz CT molecular complexity index is 751. The SMILES string of the molecule is CN(Cc1ccc2c(c1)OCCO2)c1ccc(F)cc1[N+](=O)[O-]. The number of fused-ring (bicyclic) bond motifs is 1. The van der Waals surface area contributed by atoms with Gasteiger partial charge in [0.1, 0.15) is 24.7 Å². The molecule has 23 heavy (non-hydrogen) atoms. The molecule has 0 fully saturated rings. The summed E-state index contributed by atoms with van der Waals surface area (Å²) in [5.74, 6) is 0.722. The van der Waals surface area contributed by atoms with E-state index in [0.29, 0.717) is 36.9 Å². The van der Waals surface area contributed by atoms with Gasteiger partial charge >= 0.3 is 0 Å². The van der Waals surface area contributed by atoms with Crippen LogP contribution in [0, 0.1) is 15.9 Å². The lowest BCUT2D eigenvalue weighted by molar-refractivity contribution is -0.384. The van der Waals surface area contributed by atoms with Gasteiger partial charge in [-0.3, -0.25) is 10.1 Å². The molecule has 0 saturated carbocycles. The van der Waals surface area contributed by atoms with Gasteiger partial charge < -0.3 is 14.4 Å². The molecule has 0 unspecified atom stereocenters. The second kappa shape index (κ2) is 6.12. The summed E-state index contributed by atoms with van der Waals surface area (Å²) >= 11 is 0. The maximum atomic E-state index is 13.2. The summed E-state index contributed by atoms with van der Waals surface area (Å²) in [5.41, 5.74) is 1.01. The molecule has 0 atom stereocenters. The van der Waals surface area contributed by atoms with Crippen molar-refractivity contribution in [3.63, 3.8) is 0 Å². The Labute approximate surface area is 132 Å². The highest BCUT2D eigenvalue weighted by Gasteiger charge is 2.19. The molecule has 0 radical (unpaired) electrons. The van der Waals surface area contributed by atoms with Gasteiger partial charge in [0.25, 0.3) is 5.69 Å². The standard InChI is InChI=1S/C16H15FN2O4/c1-18(13-4-3-12(17)9-14(13)19(20)21)10-11-2-5-15-16(8-11)23-7-6-22-15/h2-5,8-9H,6-7,10H2,1H3. The van der Waals surface area contributed by atoms with E-state index in [4.69, 9.17) is 9.47 Å². The van der Waals surface area contributed by atoms with Gasteiger partial charge in [-0.05, 0) is 29.8 Å². The molecule has 2 aromatic rings. The quantitative estimate of drug-likeness (QED) is 0.640. The first kappa shape index (κ1) is 15.1. The number of benzene rings is 2. The summed E-state index contributed by atoms with van der Waals surface area (Å²) in [6.45, 7) is 1.44. The summed E-state index contributed by atoms with van der Waals surface area (Å²) in [4.78, 5) is 12.2. The van der Waals surface area contributed by atoms with E-state index in [1.807, 2.05) is 18.2 Å². The van der Waals surface area contributed by atoms with Crippen LogP contribution in [0.15, 0.2) is 36.4 Å². The van der Waals surface area contributed by atoms with E-state index in [2.05, 4.69) is 0 Å². The van der Waals surface area contributed by atoms with Gasteiger partial charge in [0.05, 0.1) is 11.0 Å². The lowest BCUT2D eigenvalue weighted by Crippen LogP contribution is -2.19. The number of nitrogens with zero attached hydrogens (tertiary/aromatic N) is 2. The van der Waals surface area contributed by atoms with Crippen molar-refractivity contribution < 1.29 is 18.8 Å². The number of hydrogen-bond donors (Lipinski definition) is 0. The molecule has 1 aliphatic rings. The van der Waals surface area contributed by atoms with Crippen LogP contribution in [0.1, 0.15) is 5.56 Å². The lowest BCUT2D eigenvalue weighted by Gasteiger charge is -2.22. The predicted octanol–water partition coefficient (Wildman–Crippen LogP) is 3.14. The number of anilines is 1. The summed E-state index contributed by atoms with van der Waals surface area (Å²) in [7, 11) is 1.72. The molecule has 3 rings (SSSR count). The average molecular weight is 318 g/mol. The first-order valence-electron chi connectivity index (χ1n) is 7.08. The van der Waals surface area contributed by atoms with Crippen LogP contribution in [-0.4, -0.2) is 25.2 Å². The molecule has 0 amide bonds. The molecule has 1 heterocycles. The van der Waals surface area contributed by atoms with E-state index < -0.39 is 10.7 Å². The van der Waals surface area contributed by atoms with Crippen LogP contribution in [0.4, 0.5) is 15.8 Å². The van der Waals surface area contributed by atoms with Gasteiger partial charge in [-0.1, -0.05) is 6.07 Å². The topological polar surface area (TPSA) is 64.8 Å². The monoisotopic (exact) mass is 318 g/mol. The van der Waals surface area contributed by atoms with Gasteiger partial charge in [0.15, 0.2) is 11.5 Å². The molecular formula is C16H15FN2O4. The number of hydrogen-bond acceptors (Lipinski definition) is 5. The summed E-state index contributed by atoms with van der Waals surface area (Å²) < 4.78 is 24.2. The van der Waals surface area contributed by atoms with Gasteiger partial charge in [-0.25, -0.2) is 4.39 Å². The molecule has 0 spiro atoms. The molecule has 0 N–H and O–H groups in total. The van der Waals surface area contributed by atoms with Crippen molar-refractivity contribution >= 4 is 11.4 Å². The van der Waals surface area contributed by atoms with E-state index in [9.17, 15) is 14.5 Å². The minimum atomic E-state index is -0.631.